The van der Waals surface area contributed by atoms with Gasteiger partial charge in [0, 0.05) is 23.5 Å². The number of rotatable bonds is 6. The van der Waals surface area contributed by atoms with Crippen molar-refractivity contribution in [2.75, 3.05) is 7.11 Å². The van der Waals surface area contributed by atoms with Gasteiger partial charge in [-0.3, -0.25) is 9.89 Å². The Bertz CT molecular complexity index is 716. The summed E-state index contributed by atoms with van der Waals surface area (Å²) in [5, 5.41) is 19.8. The maximum absolute atomic E-state index is 12.6. The number of aromatic nitrogens is 3. The van der Waals surface area contributed by atoms with E-state index in [0.29, 0.717) is 18.7 Å². The molecule has 3 rings (SSSR count). The molecule has 7 heteroatoms. The van der Waals surface area contributed by atoms with Crippen LogP contribution in [-0.2, 0) is 11.2 Å². The van der Waals surface area contributed by atoms with Gasteiger partial charge < -0.3 is 15.2 Å². The van der Waals surface area contributed by atoms with Crippen LogP contribution in [0.15, 0.2) is 18.3 Å². The lowest BCUT2D eigenvalue weighted by atomic mass is 9.75. The minimum absolute atomic E-state index is 0.0604. The molecule has 7 nitrogen and oxygen atoms in total. The standard InChI is InChI=1S/C18H24N4O3/c1-10-15(11(2)22-21-10)8-16(24)20-18(13-6-14(23)7-13)12-4-5-17(25-3)19-9-12/h4-5,9,13-14,18,23H,6-8H2,1-3H3,(H,20,24)(H,21,22)/t13?,14?,18-/m1/s1. The second-order valence-corrected chi connectivity index (χ2v) is 6.65. The molecule has 1 aliphatic carbocycles. The zero-order valence-electron chi connectivity index (χ0n) is 14.7. The lowest BCUT2D eigenvalue weighted by Gasteiger charge is -2.38. The number of aliphatic hydroxyl groups is 1. The molecule has 3 N–H and O–H groups in total. The molecule has 0 aromatic carbocycles. The van der Waals surface area contributed by atoms with Gasteiger partial charge in [-0.05, 0) is 38.2 Å². The minimum atomic E-state index is -0.283. The molecule has 0 bridgehead atoms. The normalized spacial score (nSPS) is 20.6. The van der Waals surface area contributed by atoms with E-state index in [0.717, 1.165) is 22.5 Å². The predicted molar refractivity (Wildman–Crippen MR) is 92.2 cm³/mol. The first-order chi connectivity index (χ1) is 12.0. The van der Waals surface area contributed by atoms with Gasteiger partial charge in [0.25, 0.3) is 0 Å². The second kappa shape index (κ2) is 7.23. The number of aliphatic hydroxyl groups excluding tert-OH is 1. The third-order valence-electron chi connectivity index (χ3n) is 4.88. The van der Waals surface area contributed by atoms with E-state index in [9.17, 15) is 9.90 Å². The van der Waals surface area contributed by atoms with Crippen LogP contribution in [0.3, 0.4) is 0 Å². The molecule has 2 aromatic heterocycles. The van der Waals surface area contributed by atoms with Gasteiger partial charge in [0.1, 0.15) is 0 Å². The van der Waals surface area contributed by atoms with Crippen LogP contribution in [0, 0.1) is 19.8 Å². The number of methoxy groups -OCH3 is 1. The van der Waals surface area contributed by atoms with Crippen LogP contribution in [0.2, 0.25) is 0 Å². The zero-order chi connectivity index (χ0) is 18.0. The van der Waals surface area contributed by atoms with E-state index in [1.807, 2.05) is 19.9 Å². The topological polar surface area (TPSA) is 100 Å². The molecule has 134 valence electrons. The Kier molecular flexibility index (Phi) is 5.03. The summed E-state index contributed by atoms with van der Waals surface area (Å²) in [7, 11) is 1.57. The fourth-order valence-electron chi connectivity index (χ4n) is 3.29. The van der Waals surface area contributed by atoms with Gasteiger partial charge in [0.2, 0.25) is 11.8 Å². The SMILES string of the molecule is COc1ccc([C@@H](NC(=O)Cc2c(C)n[nH]c2C)C2CC(O)C2)cn1. The maximum Gasteiger partial charge on any atom is 0.225 e. The monoisotopic (exact) mass is 344 g/mol. The number of carbonyl (C=O) groups is 1. The third-order valence-corrected chi connectivity index (χ3v) is 4.88. The summed E-state index contributed by atoms with van der Waals surface area (Å²) in [5.74, 6) is 0.683. The summed E-state index contributed by atoms with van der Waals surface area (Å²) in [5.41, 5.74) is 3.60. The molecule has 1 fully saturated rings. The summed E-state index contributed by atoms with van der Waals surface area (Å²) in [6.45, 7) is 3.80. The van der Waals surface area contributed by atoms with Gasteiger partial charge in [-0.2, -0.15) is 5.10 Å². The molecule has 0 radical (unpaired) electrons. The summed E-state index contributed by atoms with van der Waals surface area (Å²) < 4.78 is 5.10. The number of aryl methyl sites for hydroxylation is 2. The van der Waals surface area contributed by atoms with E-state index in [1.165, 1.54) is 0 Å². The summed E-state index contributed by atoms with van der Waals surface area (Å²) in [4.78, 5) is 16.8. The van der Waals surface area contributed by atoms with Gasteiger partial charge in [-0.25, -0.2) is 4.98 Å². The molecule has 0 aliphatic heterocycles. The molecule has 0 spiro atoms. The average molecular weight is 344 g/mol. The highest BCUT2D eigenvalue weighted by atomic mass is 16.5. The first-order valence-electron chi connectivity index (χ1n) is 8.45. The molecule has 1 atom stereocenters. The third kappa shape index (κ3) is 3.82. The molecule has 2 heterocycles. The van der Waals surface area contributed by atoms with Crippen molar-refractivity contribution in [3.8, 4) is 5.88 Å². The number of H-pyrrole nitrogens is 1. The van der Waals surface area contributed by atoms with E-state index in [1.54, 1.807) is 19.4 Å². The van der Waals surface area contributed by atoms with Crippen molar-refractivity contribution >= 4 is 5.91 Å². The highest BCUT2D eigenvalue weighted by molar-refractivity contribution is 5.79. The Balaban J connectivity index is 1.74. The highest BCUT2D eigenvalue weighted by Crippen LogP contribution is 2.38. The van der Waals surface area contributed by atoms with Crippen LogP contribution in [0.25, 0.3) is 0 Å². The van der Waals surface area contributed by atoms with Crippen molar-refractivity contribution < 1.29 is 14.6 Å². The maximum atomic E-state index is 12.6. The summed E-state index contributed by atoms with van der Waals surface area (Å²) in [6.07, 6.45) is 3.09. The minimum Gasteiger partial charge on any atom is -0.481 e. The van der Waals surface area contributed by atoms with Crippen molar-refractivity contribution in [1.29, 1.82) is 0 Å². The largest absolute Gasteiger partial charge is 0.481 e. The van der Waals surface area contributed by atoms with E-state index in [-0.39, 0.29) is 30.4 Å². The van der Waals surface area contributed by atoms with Crippen molar-refractivity contribution in [3.05, 3.63) is 40.8 Å². The highest BCUT2D eigenvalue weighted by Gasteiger charge is 2.36. The van der Waals surface area contributed by atoms with Gasteiger partial charge in [-0.15, -0.1) is 0 Å². The van der Waals surface area contributed by atoms with Gasteiger partial charge in [0.05, 0.1) is 31.4 Å². The number of ether oxygens (including phenoxy) is 1. The summed E-state index contributed by atoms with van der Waals surface area (Å²) in [6, 6.07) is 3.53. The number of pyridine rings is 1. The molecule has 1 saturated carbocycles. The van der Waals surface area contributed by atoms with E-state index >= 15 is 0 Å². The quantitative estimate of drug-likeness (QED) is 0.739. The number of hydrogen-bond donors (Lipinski definition) is 3. The number of nitrogens with one attached hydrogen (secondary N) is 2. The van der Waals surface area contributed by atoms with E-state index in [2.05, 4.69) is 20.5 Å². The van der Waals surface area contributed by atoms with Crippen LogP contribution in [0.4, 0.5) is 0 Å². The Morgan fingerprint density at radius 2 is 2.20 bits per heavy atom. The van der Waals surface area contributed by atoms with Crippen molar-refractivity contribution in [3.63, 3.8) is 0 Å². The van der Waals surface area contributed by atoms with Crippen molar-refractivity contribution in [2.45, 2.75) is 45.3 Å². The van der Waals surface area contributed by atoms with Crippen LogP contribution < -0.4 is 10.1 Å². The molecule has 0 unspecified atom stereocenters. The van der Waals surface area contributed by atoms with Gasteiger partial charge >= 0.3 is 0 Å². The van der Waals surface area contributed by atoms with Gasteiger partial charge in [-0.1, -0.05) is 6.07 Å². The summed E-state index contributed by atoms with van der Waals surface area (Å²) >= 11 is 0. The molecule has 25 heavy (non-hydrogen) atoms. The Hall–Kier alpha value is -2.41. The Morgan fingerprint density at radius 3 is 2.72 bits per heavy atom. The number of hydrogen-bond acceptors (Lipinski definition) is 5. The first kappa shape index (κ1) is 17.4. The number of nitrogens with zero attached hydrogens (tertiary/aromatic N) is 2. The van der Waals surface area contributed by atoms with Crippen molar-refractivity contribution in [1.82, 2.24) is 20.5 Å². The molecule has 0 saturated heterocycles. The van der Waals surface area contributed by atoms with Crippen LogP contribution >= 0.6 is 0 Å². The van der Waals surface area contributed by atoms with Crippen LogP contribution in [0.5, 0.6) is 5.88 Å². The lowest BCUT2D eigenvalue weighted by Crippen LogP contribution is -2.42. The number of amides is 1. The Morgan fingerprint density at radius 1 is 1.44 bits per heavy atom. The van der Waals surface area contributed by atoms with Crippen LogP contribution in [-0.4, -0.2) is 39.4 Å². The molecular formula is C18H24N4O3. The average Bonchev–Trinajstić information content (AvgIpc) is 2.89. The molecule has 2 aromatic rings. The van der Waals surface area contributed by atoms with E-state index < -0.39 is 0 Å². The van der Waals surface area contributed by atoms with Crippen molar-refractivity contribution in [2.24, 2.45) is 5.92 Å². The first-order valence-corrected chi connectivity index (χ1v) is 8.45. The van der Waals surface area contributed by atoms with Crippen LogP contribution in [0.1, 0.15) is 41.4 Å². The second-order valence-electron chi connectivity index (χ2n) is 6.65. The van der Waals surface area contributed by atoms with E-state index in [4.69, 9.17) is 4.74 Å². The lowest BCUT2D eigenvalue weighted by molar-refractivity contribution is -0.122. The smallest absolute Gasteiger partial charge is 0.225 e. The van der Waals surface area contributed by atoms with Gasteiger partial charge in [0.15, 0.2) is 0 Å². The predicted octanol–water partition coefficient (Wildman–Crippen LogP) is 1.60. The number of aromatic amines is 1. The fourth-order valence-corrected chi connectivity index (χ4v) is 3.29. The molecule has 1 amide bonds. The molecular weight excluding hydrogens is 320 g/mol. The fraction of sp³-hybridized carbons (Fsp3) is 0.500. The molecule has 1 aliphatic rings. The zero-order valence-corrected chi connectivity index (χ0v) is 14.7. The number of carbonyl (C=O) groups excluding carboxylic acids is 1. The Labute approximate surface area is 146 Å².